The van der Waals surface area contributed by atoms with Crippen molar-refractivity contribution in [1.29, 1.82) is 0 Å². The standard InChI is InChI=1S/C25H29NO4/c1-24(2)10-15-9-18(27-5)23-17(11-25(3,4)30-23)21(15)22(26-24)16-8-7-14-12-29-13-19(28-6)20(14)16/h9,12-13H,7-8,10-11H2,1-6H3. The second-order valence-corrected chi connectivity index (χ2v) is 9.73. The Kier molecular flexibility index (Phi) is 4.12. The predicted molar refractivity (Wildman–Crippen MR) is 116 cm³/mol. The van der Waals surface area contributed by atoms with E-state index in [2.05, 4.69) is 33.8 Å². The van der Waals surface area contributed by atoms with Crippen molar-refractivity contribution in [3.8, 4) is 11.5 Å². The van der Waals surface area contributed by atoms with Crippen LogP contribution in [0.2, 0.25) is 0 Å². The third-order valence-corrected chi connectivity index (χ3v) is 6.31. The average molecular weight is 408 g/mol. The van der Waals surface area contributed by atoms with E-state index in [1.165, 1.54) is 27.8 Å². The number of aliphatic imine (C=N–C) groups is 1. The monoisotopic (exact) mass is 407 g/mol. The molecule has 3 heterocycles. The maximum absolute atomic E-state index is 6.33. The third kappa shape index (κ3) is 2.86. The second-order valence-electron chi connectivity index (χ2n) is 9.73. The molecule has 5 rings (SSSR count). The zero-order chi connectivity index (χ0) is 21.3. The van der Waals surface area contributed by atoms with Gasteiger partial charge < -0.3 is 18.9 Å². The van der Waals surface area contributed by atoms with E-state index in [0.29, 0.717) is 0 Å². The first-order valence-corrected chi connectivity index (χ1v) is 10.6. The highest BCUT2D eigenvalue weighted by Gasteiger charge is 2.41. The largest absolute Gasteiger partial charge is 0.493 e. The number of ether oxygens (including phenoxy) is 4. The van der Waals surface area contributed by atoms with Gasteiger partial charge in [0.25, 0.3) is 0 Å². The van der Waals surface area contributed by atoms with E-state index in [-0.39, 0.29) is 11.1 Å². The molecule has 0 unspecified atom stereocenters. The van der Waals surface area contributed by atoms with Crippen molar-refractivity contribution in [1.82, 2.24) is 0 Å². The van der Waals surface area contributed by atoms with E-state index in [0.717, 1.165) is 54.2 Å². The van der Waals surface area contributed by atoms with Crippen LogP contribution in [0.15, 0.2) is 46.1 Å². The van der Waals surface area contributed by atoms with E-state index in [1.807, 2.05) is 6.26 Å². The smallest absolute Gasteiger partial charge is 0.166 e. The lowest BCUT2D eigenvalue weighted by Gasteiger charge is -2.32. The van der Waals surface area contributed by atoms with Gasteiger partial charge in [-0.15, -0.1) is 0 Å². The first kappa shape index (κ1) is 19.3. The number of methoxy groups -OCH3 is 2. The van der Waals surface area contributed by atoms with E-state index < -0.39 is 0 Å². The fourth-order valence-electron chi connectivity index (χ4n) is 5.19. The van der Waals surface area contributed by atoms with Crippen molar-refractivity contribution in [2.45, 2.75) is 64.5 Å². The van der Waals surface area contributed by atoms with E-state index in [9.17, 15) is 0 Å². The number of benzene rings is 1. The second kappa shape index (κ2) is 6.40. The van der Waals surface area contributed by atoms with Crippen molar-refractivity contribution < 1.29 is 18.9 Å². The first-order valence-electron chi connectivity index (χ1n) is 10.6. The van der Waals surface area contributed by atoms with Gasteiger partial charge in [-0.25, -0.2) is 0 Å². The van der Waals surface area contributed by atoms with Crippen LogP contribution in [0.4, 0.5) is 0 Å². The van der Waals surface area contributed by atoms with Crippen molar-refractivity contribution in [2.24, 2.45) is 4.99 Å². The number of allylic oxidation sites excluding steroid dienone is 2. The summed E-state index contributed by atoms with van der Waals surface area (Å²) in [4.78, 5) is 5.29. The summed E-state index contributed by atoms with van der Waals surface area (Å²) < 4.78 is 23.2. The SMILES string of the molecule is COC1=COC=C2CCC(C3=NC(C)(C)Cc4cc(OC)c5c(c43)CC(C)(C)O5)=C21. The van der Waals surface area contributed by atoms with E-state index in [4.69, 9.17) is 23.9 Å². The van der Waals surface area contributed by atoms with Crippen LogP contribution in [0.5, 0.6) is 11.5 Å². The molecule has 1 aliphatic carbocycles. The summed E-state index contributed by atoms with van der Waals surface area (Å²) in [5.41, 5.74) is 7.88. The minimum Gasteiger partial charge on any atom is -0.493 e. The van der Waals surface area contributed by atoms with Crippen LogP contribution in [0, 0.1) is 0 Å². The molecule has 0 saturated carbocycles. The molecule has 158 valence electrons. The number of fused-ring (bicyclic) bond motifs is 4. The first-order chi connectivity index (χ1) is 14.2. The van der Waals surface area contributed by atoms with Gasteiger partial charge in [0.15, 0.2) is 17.3 Å². The Morgan fingerprint density at radius 1 is 1.00 bits per heavy atom. The molecule has 0 radical (unpaired) electrons. The molecule has 4 aliphatic rings. The number of hydrogen-bond donors (Lipinski definition) is 0. The quantitative estimate of drug-likeness (QED) is 0.706. The van der Waals surface area contributed by atoms with Gasteiger partial charge in [-0.2, -0.15) is 0 Å². The van der Waals surface area contributed by atoms with Crippen LogP contribution < -0.4 is 9.47 Å². The Balaban J connectivity index is 1.77. The predicted octanol–water partition coefficient (Wildman–Crippen LogP) is 5.02. The molecular weight excluding hydrogens is 378 g/mol. The zero-order valence-electron chi connectivity index (χ0n) is 18.6. The summed E-state index contributed by atoms with van der Waals surface area (Å²) in [5, 5.41) is 0. The van der Waals surface area contributed by atoms with E-state index >= 15 is 0 Å². The Morgan fingerprint density at radius 3 is 2.53 bits per heavy atom. The normalized spacial score (nSPS) is 22.7. The number of rotatable bonds is 3. The minimum atomic E-state index is -0.266. The third-order valence-electron chi connectivity index (χ3n) is 6.31. The Labute approximate surface area is 178 Å². The Bertz CT molecular complexity index is 1070. The molecule has 0 bridgehead atoms. The van der Waals surface area contributed by atoms with Crippen molar-refractivity contribution in [3.05, 3.63) is 57.8 Å². The van der Waals surface area contributed by atoms with Crippen LogP contribution in [-0.2, 0) is 22.3 Å². The fourth-order valence-corrected chi connectivity index (χ4v) is 5.19. The molecule has 1 aromatic rings. The molecule has 3 aliphatic heterocycles. The molecule has 1 aromatic carbocycles. The lowest BCUT2D eigenvalue weighted by atomic mass is 9.80. The van der Waals surface area contributed by atoms with Gasteiger partial charge in [0.1, 0.15) is 11.9 Å². The maximum Gasteiger partial charge on any atom is 0.166 e. The van der Waals surface area contributed by atoms with Crippen molar-refractivity contribution in [3.63, 3.8) is 0 Å². The molecule has 0 N–H and O–H groups in total. The van der Waals surface area contributed by atoms with Gasteiger partial charge in [0, 0.05) is 23.1 Å². The van der Waals surface area contributed by atoms with Crippen LogP contribution in [0.25, 0.3) is 0 Å². The van der Waals surface area contributed by atoms with Crippen LogP contribution in [-0.4, -0.2) is 31.1 Å². The molecule has 0 fully saturated rings. The highest BCUT2D eigenvalue weighted by molar-refractivity contribution is 6.17. The molecule has 0 atom stereocenters. The van der Waals surface area contributed by atoms with Crippen LogP contribution >= 0.6 is 0 Å². The Hall–Kier alpha value is -2.69. The molecule has 0 spiro atoms. The Morgan fingerprint density at radius 2 is 1.80 bits per heavy atom. The van der Waals surface area contributed by atoms with E-state index in [1.54, 1.807) is 20.5 Å². The zero-order valence-corrected chi connectivity index (χ0v) is 18.6. The molecule has 30 heavy (non-hydrogen) atoms. The molecule has 0 aromatic heterocycles. The van der Waals surface area contributed by atoms with Gasteiger partial charge in [-0.1, -0.05) is 0 Å². The van der Waals surface area contributed by atoms with Crippen LogP contribution in [0.1, 0.15) is 57.2 Å². The summed E-state index contributed by atoms with van der Waals surface area (Å²) in [6.07, 6.45) is 7.08. The minimum absolute atomic E-state index is 0.196. The van der Waals surface area contributed by atoms with Gasteiger partial charge in [-0.05, 0) is 69.7 Å². The summed E-state index contributed by atoms with van der Waals surface area (Å²) >= 11 is 0. The molecule has 5 nitrogen and oxygen atoms in total. The highest BCUT2D eigenvalue weighted by atomic mass is 16.5. The highest BCUT2D eigenvalue weighted by Crippen LogP contribution is 2.50. The summed E-state index contributed by atoms with van der Waals surface area (Å²) in [5.74, 6) is 2.46. The molecule has 5 heteroatoms. The lowest BCUT2D eigenvalue weighted by Crippen LogP contribution is -2.31. The van der Waals surface area contributed by atoms with Gasteiger partial charge in [-0.3, -0.25) is 4.99 Å². The summed E-state index contributed by atoms with van der Waals surface area (Å²) in [6.45, 7) is 8.66. The number of hydrogen-bond acceptors (Lipinski definition) is 5. The molecule has 0 saturated heterocycles. The topological polar surface area (TPSA) is 49.3 Å². The summed E-state index contributed by atoms with van der Waals surface area (Å²) in [6, 6.07) is 2.15. The van der Waals surface area contributed by atoms with Gasteiger partial charge in [0.05, 0.1) is 31.7 Å². The summed E-state index contributed by atoms with van der Waals surface area (Å²) in [7, 11) is 3.41. The lowest BCUT2D eigenvalue weighted by molar-refractivity contribution is 0.134. The van der Waals surface area contributed by atoms with Crippen molar-refractivity contribution in [2.75, 3.05) is 14.2 Å². The van der Waals surface area contributed by atoms with Gasteiger partial charge in [0.2, 0.25) is 0 Å². The molecular formula is C25H29NO4. The van der Waals surface area contributed by atoms with Gasteiger partial charge >= 0.3 is 0 Å². The average Bonchev–Trinajstić information content (AvgIpc) is 3.25. The fraction of sp³-hybridized carbons (Fsp3) is 0.480. The van der Waals surface area contributed by atoms with Crippen LogP contribution in [0.3, 0.4) is 0 Å². The molecule has 0 amide bonds. The van der Waals surface area contributed by atoms with Crippen molar-refractivity contribution >= 4 is 5.71 Å². The maximum atomic E-state index is 6.33. The number of nitrogens with zero attached hydrogens (tertiary/aromatic N) is 1.